The van der Waals surface area contributed by atoms with Crippen LogP contribution in [0.5, 0.6) is 5.75 Å². The van der Waals surface area contributed by atoms with Gasteiger partial charge >= 0.3 is 0 Å². The van der Waals surface area contributed by atoms with Gasteiger partial charge in [0.1, 0.15) is 5.75 Å². The van der Waals surface area contributed by atoms with E-state index in [0.29, 0.717) is 23.4 Å². The van der Waals surface area contributed by atoms with Crippen molar-refractivity contribution in [1.82, 2.24) is 4.90 Å². The first-order valence-corrected chi connectivity index (χ1v) is 9.30. The van der Waals surface area contributed by atoms with Crippen LogP contribution in [0, 0.1) is 11.3 Å². The first kappa shape index (κ1) is 18.9. The van der Waals surface area contributed by atoms with Gasteiger partial charge in [-0.2, -0.15) is 5.26 Å². The van der Waals surface area contributed by atoms with Crippen molar-refractivity contribution >= 4 is 11.5 Å². The zero-order chi connectivity index (χ0) is 19.2. The minimum atomic E-state index is -0.0167. The predicted molar refractivity (Wildman–Crippen MR) is 106 cm³/mol. The monoisotopic (exact) mass is 363 g/mol. The van der Waals surface area contributed by atoms with Gasteiger partial charge in [-0.25, -0.2) is 0 Å². The molecule has 1 heterocycles. The van der Waals surface area contributed by atoms with Crippen molar-refractivity contribution in [3.8, 4) is 11.8 Å². The van der Waals surface area contributed by atoms with E-state index >= 15 is 0 Å². The normalized spacial score (nSPS) is 15.1. The highest BCUT2D eigenvalue weighted by atomic mass is 16.5. The van der Waals surface area contributed by atoms with E-state index in [4.69, 9.17) is 4.74 Å². The van der Waals surface area contributed by atoms with Crippen molar-refractivity contribution < 1.29 is 9.53 Å². The molecule has 3 rings (SSSR count). The summed E-state index contributed by atoms with van der Waals surface area (Å²) in [5.41, 5.74) is 2.99. The number of carbonyl (C=O) groups is 1. The molecule has 1 unspecified atom stereocenters. The number of ether oxygens (including phenoxy) is 1. The molecular weight excluding hydrogens is 338 g/mol. The second-order valence-corrected chi connectivity index (χ2v) is 6.81. The summed E-state index contributed by atoms with van der Waals surface area (Å²) in [6.07, 6.45) is 2.38. The molecule has 0 saturated carbocycles. The van der Waals surface area contributed by atoms with Crippen molar-refractivity contribution in [1.29, 1.82) is 5.26 Å². The number of Topliss-reactive ketones (excluding diaryl/α,β-unsaturated/α-hetero) is 1. The van der Waals surface area contributed by atoms with E-state index in [0.717, 1.165) is 24.4 Å². The molecule has 0 radical (unpaired) electrons. The Morgan fingerprint density at radius 2 is 2.00 bits per heavy atom. The fourth-order valence-corrected chi connectivity index (χ4v) is 3.70. The molecule has 0 aliphatic carbocycles. The van der Waals surface area contributed by atoms with E-state index in [2.05, 4.69) is 22.4 Å². The molecule has 1 atom stereocenters. The summed E-state index contributed by atoms with van der Waals surface area (Å²) >= 11 is 0. The lowest BCUT2D eigenvalue weighted by Gasteiger charge is -2.30. The van der Waals surface area contributed by atoms with Gasteiger partial charge in [0, 0.05) is 23.4 Å². The fourth-order valence-electron chi connectivity index (χ4n) is 3.70. The van der Waals surface area contributed by atoms with E-state index in [1.807, 2.05) is 18.2 Å². The van der Waals surface area contributed by atoms with Crippen molar-refractivity contribution in [2.75, 3.05) is 32.1 Å². The number of carbonyl (C=O) groups excluding carboxylic acids is 1. The summed E-state index contributed by atoms with van der Waals surface area (Å²) in [5.74, 6) is 0.853. The minimum absolute atomic E-state index is 0.0167. The van der Waals surface area contributed by atoms with E-state index in [-0.39, 0.29) is 11.8 Å². The van der Waals surface area contributed by atoms with Crippen LogP contribution in [0.15, 0.2) is 42.5 Å². The average molecular weight is 363 g/mol. The summed E-state index contributed by atoms with van der Waals surface area (Å²) in [7, 11) is 1.69. The third kappa shape index (κ3) is 4.29. The molecule has 2 aromatic carbocycles. The average Bonchev–Trinajstić information content (AvgIpc) is 3.22. The largest absolute Gasteiger partial charge is 0.496 e. The van der Waals surface area contributed by atoms with Crippen LogP contribution >= 0.6 is 0 Å². The van der Waals surface area contributed by atoms with Crippen LogP contribution in [-0.4, -0.2) is 37.4 Å². The fraction of sp³-hybridized carbons (Fsp3) is 0.364. The number of hydrogen-bond donors (Lipinski definition) is 1. The van der Waals surface area contributed by atoms with Crippen LogP contribution in [-0.2, 0) is 0 Å². The molecule has 27 heavy (non-hydrogen) atoms. The van der Waals surface area contributed by atoms with Crippen LogP contribution in [0.25, 0.3) is 0 Å². The molecule has 1 saturated heterocycles. The van der Waals surface area contributed by atoms with Gasteiger partial charge in [-0.3, -0.25) is 9.69 Å². The van der Waals surface area contributed by atoms with E-state index in [1.54, 1.807) is 32.2 Å². The first-order chi connectivity index (χ1) is 13.1. The highest BCUT2D eigenvalue weighted by molar-refractivity contribution is 5.99. The Labute approximate surface area is 160 Å². The molecule has 1 N–H and O–H groups in total. The number of methoxy groups -OCH3 is 1. The Balaban J connectivity index is 1.90. The molecule has 0 bridgehead atoms. The van der Waals surface area contributed by atoms with Crippen molar-refractivity contribution in [2.45, 2.75) is 25.8 Å². The second-order valence-electron chi connectivity index (χ2n) is 6.81. The van der Waals surface area contributed by atoms with Crippen LogP contribution in [0.4, 0.5) is 5.69 Å². The number of para-hydroxylation sites is 1. The molecule has 1 fully saturated rings. The Morgan fingerprint density at radius 1 is 1.26 bits per heavy atom. The maximum Gasteiger partial charge on any atom is 0.161 e. The summed E-state index contributed by atoms with van der Waals surface area (Å²) in [4.78, 5) is 14.4. The first-order valence-electron chi connectivity index (χ1n) is 9.30. The van der Waals surface area contributed by atoms with Gasteiger partial charge < -0.3 is 10.1 Å². The zero-order valence-electron chi connectivity index (χ0n) is 15.9. The molecule has 2 aromatic rings. The summed E-state index contributed by atoms with van der Waals surface area (Å²) < 4.78 is 5.58. The number of benzene rings is 2. The van der Waals surface area contributed by atoms with Crippen molar-refractivity contribution in [2.24, 2.45) is 0 Å². The lowest BCUT2D eigenvalue weighted by Crippen LogP contribution is -2.31. The second kappa shape index (κ2) is 8.70. The quantitative estimate of drug-likeness (QED) is 0.753. The number of likely N-dealkylation sites (tertiary alicyclic amines) is 1. The Kier molecular flexibility index (Phi) is 6.10. The lowest BCUT2D eigenvalue weighted by molar-refractivity contribution is 0.101. The van der Waals surface area contributed by atoms with Gasteiger partial charge in [0.25, 0.3) is 0 Å². The SMILES string of the molecule is COc1ccccc1C(CNc1cc(C#N)ccc1C(C)=O)N1CCCC1. The van der Waals surface area contributed by atoms with E-state index in [9.17, 15) is 10.1 Å². The third-order valence-electron chi connectivity index (χ3n) is 5.09. The van der Waals surface area contributed by atoms with E-state index in [1.165, 1.54) is 12.8 Å². The Bertz CT molecular complexity index is 851. The highest BCUT2D eigenvalue weighted by Crippen LogP contribution is 2.32. The smallest absolute Gasteiger partial charge is 0.161 e. The van der Waals surface area contributed by atoms with E-state index < -0.39 is 0 Å². The minimum Gasteiger partial charge on any atom is -0.496 e. The molecule has 140 valence electrons. The topological polar surface area (TPSA) is 65.4 Å². The molecule has 5 heteroatoms. The molecule has 0 spiro atoms. The van der Waals surface area contributed by atoms with Crippen molar-refractivity contribution in [3.05, 3.63) is 59.2 Å². The molecule has 0 amide bonds. The third-order valence-corrected chi connectivity index (χ3v) is 5.09. The molecule has 0 aromatic heterocycles. The van der Waals surface area contributed by atoms with Gasteiger partial charge in [-0.15, -0.1) is 0 Å². The summed E-state index contributed by atoms with van der Waals surface area (Å²) in [6.45, 7) is 4.27. The Hall–Kier alpha value is -2.84. The highest BCUT2D eigenvalue weighted by Gasteiger charge is 2.26. The van der Waals surface area contributed by atoms with Crippen LogP contribution < -0.4 is 10.1 Å². The number of nitrogens with one attached hydrogen (secondary N) is 1. The maximum absolute atomic E-state index is 12.0. The number of rotatable bonds is 7. The number of hydrogen-bond acceptors (Lipinski definition) is 5. The van der Waals surface area contributed by atoms with Gasteiger partial charge in [0.2, 0.25) is 0 Å². The molecule has 1 aliphatic heterocycles. The summed E-state index contributed by atoms with van der Waals surface area (Å²) in [6, 6.07) is 15.5. The number of anilines is 1. The number of nitriles is 1. The number of nitrogens with zero attached hydrogens (tertiary/aromatic N) is 2. The molecule has 5 nitrogen and oxygen atoms in total. The lowest BCUT2D eigenvalue weighted by atomic mass is 10.0. The van der Waals surface area contributed by atoms with Crippen molar-refractivity contribution in [3.63, 3.8) is 0 Å². The molecular formula is C22H25N3O2. The predicted octanol–water partition coefficient (Wildman–Crippen LogP) is 4.02. The number of ketones is 1. The zero-order valence-corrected chi connectivity index (χ0v) is 15.9. The van der Waals surface area contributed by atoms with Crippen LogP contribution in [0.1, 0.15) is 47.3 Å². The maximum atomic E-state index is 12.0. The van der Waals surface area contributed by atoms with Gasteiger partial charge in [0.15, 0.2) is 5.78 Å². The molecule has 1 aliphatic rings. The summed E-state index contributed by atoms with van der Waals surface area (Å²) in [5, 5.41) is 12.6. The van der Waals surface area contributed by atoms with Gasteiger partial charge in [0.05, 0.1) is 24.8 Å². The Morgan fingerprint density at radius 3 is 2.67 bits per heavy atom. The standard InChI is InChI=1S/C22H25N3O2/c1-16(26)18-10-9-17(14-23)13-20(18)24-15-21(25-11-5-6-12-25)19-7-3-4-8-22(19)27-2/h3-4,7-10,13,21,24H,5-6,11-12,15H2,1-2H3. The van der Waals surface area contributed by atoms with Gasteiger partial charge in [-0.05, 0) is 57.1 Å². The van der Waals surface area contributed by atoms with Crippen LogP contribution in [0.3, 0.4) is 0 Å². The van der Waals surface area contributed by atoms with Crippen LogP contribution in [0.2, 0.25) is 0 Å². The van der Waals surface area contributed by atoms with Gasteiger partial charge in [-0.1, -0.05) is 18.2 Å².